The van der Waals surface area contributed by atoms with Gasteiger partial charge in [0.15, 0.2) is 0 Å². The van der Waals surface area contributed by atoms with Crippen LogP contribution in [-0.4, -0.2) is 25.0 Å². The molecule has 5 heteroatoms. The molecule has 1 aromatic heterocycles. The Morgan fingerprint density at radius 3 is 3.18 bits per heavy atom. The average Bonchev–Trinajstić information content (AvgIpc) is 2.95. The van der Waals surface area contributed by atoms with Gasteiger partial charge in [-0.2, -0.15) is 0 Å². The second-order valence-electron chi connectivity index (χ2n) is 4.33. The fraction of sp³-hybridized carbons (Fsp3) is 0.583. The predicted octanol–water partition coefficient (Wildman–Crippen LogP) is 2.31. The van der Waals surface area contributed by atoms with Crippen molar-refractivity contribution in [3.8, 4) is 0 Å². The van der Waals surface area contributed by atoms with Crippen LogP contribution in [0.25, 0.3) is 0 Å². The summed E-state index contributed by atoms with van der Waals surface area (Å²) in [7, 11) is 0. The van der Waals surface area contributed by atoms with Crippen LogP contribution in [0.5, 0.6) is 0 Å². The van der Waals surface area contributed by atoms with Crippen LogP contribution in [0.4, 0.5) is 0 Å². The third-order valence-electron chi connectivity index (χ3n) is 2.93. The van der Waals surface area contributed by atoms with Crippen molar-refractivity contribution in [2.24, 2.45) is 0 Å². The van der Waals surface area contributed by atoms with E-state index in [1.54, 1.807) is 11.3 Å². The highest BCUT2D eigenvalue weighted by atomic mass is 79.9. The van der Waals surface area contributed by atoms with Crippen LogP contribution in [0.15, 0.2) is 15.9 Å². The van der Waals surface area contributed by atoms with Gasteiger partial charge in [-0.05, 0) is 47.8 Å². The summed E-state index contributed by atoms with van der Waals surface area (Å²) in [6.45, 7) is 1.86. The van der Waals surface area contributed by atoms with E-state index < -0.39 is 0 Å². The molecule has 2 N–H and O–H groups in total. The monoisotopic (exact) mass is 316 g/mol. The van der Waals surface area contributed by atoms with E-state index in [9.17, 15) is 4.79 Å². The number of carbonyl (C=O) groups excluding carboxylic acids is 1. The molecule has 0 spiro atoms. The Morgan fingerprint density at radius 2 is 2.53 bits per heavy atom. The number of thiophene rings is 1. The van der Waals surface area contributed by atoms with E-state index >= 15 is 0 Å². The summed E-state index contributed by atoms with van der Waals surface area (Å²) in [6, 6.07) is 2.56. The molecular weight excluding hydrogens is 300 g/mol. The maximum absolute atomic E-state index is 11.6. The van der Waals surface area contributed by atoms with Crippen LogP contribution in [0, 0.1) is 0 Å². The first-order chi connectivity index (χ1) is 8.24. The molecule has 1 saturated heterocycles. The number of carbonyl (C=O) groups is 1. The standard InChI is InChI=1S/C12H17BrN2OS/c13-9-6-11(17-8-9)3-4-12(16)15-7-10-2-1-5-14-10/h6,8,10,14H,1-5,7H2,(H,15,16). The fourth-order valence-corrected chi connectivity index (χ4v) is 3.43. The number of hydrogen-bond donors (Lipinski definition) is 2. The molecule has 1 atom stereocenters. The smallest absolute Gasteiger partial charge is 0.220 e. The van der Waals surface area contributed by atoms with Crippen molar-refractivity contribution in [3.05, 3.63) is 20.8 Å². The second-order valence-corrected chi connectivity index (χ2v) is 6.24. The minimum atomic E-state index is 0.156. The maximum Gasteiger partial charge on any atom is 0.220 e. The number of nitrogens with one attached hydrogen (secondary N) is 2. The number of amides is 1. The zero-order valence-electron chi connectivity index (χ0n) is 9.67. The van der Waals surface area contributed by atoms with Crippen LogP contribution in [0.1, 0.15) is 24.1 Å². The molecule has 0 saturated carbocycles. The number of aryl methyl sites for hydroxylation is 1. The Balaban J connectivity index is 1.63. The average molecular weight is 317 g/mol. The summed E-state index contributed by atoms with van der Waals surface area (Å²) in [5.74, 6) is 0.156. The van der Waals surface area contributed by atoms with E-state index in [0.29, 0.717) is 12.5 Å². The third kappa shape index (κ3) is 4.41. The summed E-state index contributed by atoms with van der Waals surface area (Å²) >= 11 is 5.11. The zero-order chi connectivity index (χ0) is 12.1. The lowest BCUT2D eigenvalue weighted by molar-refractivity contribution is -0.121. The first-order valence-corrected chi connectivity index (χ1v) is 7.64. The van der Waals surface area contributed by atoms with Crippen molar-refractivity contribution in [1.29, 1.82) is 0 Å². The molecule has 94 valence electrons. The molecule has 2 heterocycles. The van der Waals surface area contributed by atoms with Gasteiger partial charge in [0.05, 0.1) is 0 Å². The van der Waals surface area contributed by atoms with E-state index in [0.717, 1.165) is 24.0 Å². The Kier molecular flexibility index (Phi) is 5.00. The number of rotatable bonds is 5. The molecule has 0 aliphatic carbocycles. The van der Waals surface area contributed by atoms with Crippen molar-refractivity contribution in [2.75, 3.05) is 13.1 Å². The molecule has 1 aliphatic heterocycles. The summed E-state index contributed by atoms with van der Waals surface area (Å²) in [6.07, 6.45) is 3.82. The van der Waals surface area contributed by atoms with Gasteiger partial charge in [-0.1, -0.05) is 0 Å². The van der Waals surface area contributed by atoms with Gasteiger partial charge < -0.3 is 10.6 Å². The summed E-state index contributed by atoms with van der Waals surface area (Å²) in [5, 5.41) is 8.41. The second kappa shape index (κ2) is 6.52. The van der Waals surface area contributed by atoms with Crippen LogP contribution in [-0.2, 0) is 11.2 Å². The molecule has 0 radical (unpaired) electrons. The van der Waals surface area contributed by atoms with Gasteiger partial charge in [0.1, 0.15) is 0 Å². The molecule has 1 aliphatic rings. The molecule has 0 bridgehead atoms. The summed E-state index contributed by atoms with van der Waals surface area (Å²) in [4.78, 5) is 12.9. The van der Waals surface area contributed by atoms with Gasteiger partial charge in [0, 0.05) is 33.7 Å². The van der Waals surface area contributed by atoms with Gasteiger partial charge in [0.2, 0.25) is 5.91 Å². The lowest BCUT2D eigenvalue weighted by Gasteiger charge is -2.11. The van der Waals surface area contributed by atoms with Crippen LogP contribution in [0.3, 0.4) is 0 Å². The summed E-state index contributed by atoms with van der Waals surface area (Å²) < 4.78 is 1.10. The van der Waals surface area contributed by atoms with Crippen LogP contribution >= 0.6 is 27.3 Å². The highest BCUT2D eigenvalue weighted by Crippen LogP contribution is 2.20. The van der Waals surface area contributed by atoms with Crippen LogP contribution < -0.4 is 10.6 Å². The Morgan fingerprint density at radius 1 is 1.65 bits per heavy atom. The lowest BCUT2D eigenvalue weighted by atomic mass is 10.2. The van der Waals surface area contributed by atoms with Crippen molar-refractivity contribution < 1.29 is 4.79 Å². The van der Waals surface area contributed by atoms with E-state index in [1.165, 1.54) is 17.7 Å². The number of halogens is 1. The fourth-order valence-electron chi connectivity index (χ4n) is 1.98. The topological polar surface area (TPSA) is 41.1 Å². The van der Waals surface area contributed by atoms with Gasteiger partial charge in [-0.15, -0.1) is 11.3 Å². The molecule has 1 aromatic rings. The largest absolute Gasteiger partial charge is 0.355 e. The molecule has 1 fully saturated rings. The minimum Gasteiger partial charge on any atom is -0.355 e. The highest BCUT2D eigenvalue weighted by molar-refractivity contribution is 9.10. The molecule has 3 nitrogen and oxygen atoms in total. The lowest BCUT2D eigenvalue weighted by Crippen LogP contribution is -2.37. The van der Waals surface area contributed by atoms with Gasteiger partial charge in [-0.25, -0.2) is 0 Å². The van der Waals surface area contributed by atoms with Crippen molar-refractivity contribution in [3.63, 3.8) is 0 Å². The molecule has 2 rings (SSSR count). The first kappa shape index (κ1) is 13.1. The van der Waals surface area contributed by atoms with Gasteiger partial charge in [-0.3, -0.25) is 4.79 Å². The molecule has 17 heavy (non-hydrogen) atoms. The van der Waals surface area contributed by atoms with Crippen LogP contribution in [0.2, 0.25) is 0 Å². The maximum atomic E-state index is 11.6. The van der Waals surface area contributed by atoms with Crippen molar-refractivity contribution >= 4 is 33.2 Å². The van der Waals surface area contributed by atoms with E-state index in [-0.39, 0.29) is 5.91 Å². The summed E-state index contributed by atoms with van der Waals surface area (Å²) in [5.41, 5.74) is 0. The molecule has 1 amide bonds. The molecule has 0 aromatic carbocycles. The predicted molar refractivity (Wildman–Crippen MR) is 74.4 cm³/mol. The quantitative estimate of drug-likeness (QED) is 0.875. The number of hydrogen-bond acceptors (Lipinski definition) is 3. The zero-order valence-corrected chi connectivity index (χ0v) is 12.1. The SMILES string of the molecule is O=C(CCc1cc(Br)cs1)NCC1CCCN1. The minimum absolute atomic E-state index is 0.156. The Labute approximate surface area is 114 Å². The van der Waals surface area contributed by atoms with E-state index in [2.05, 4.69) is 38.0 Å². The van der Waals surface area contributed by atoms with Gasteiger partial charge >= 0.3 is 0 Å². The molecule has 1 unspecified atom stereocenters. The van der Waals surface area contributed by atoms with E-state index in [1.807, 2.05) is 0 Å². The Bertz CT molecular complexity index is 374. The van der Waals surface area contributed by atoms with E-state index in [4.69, 9.17) is 0 Å². The Hall–Kier alpha value is -0.390. The van der Waals surface area contributed by atoms with Crippen molar-refractivity contribution in [2.45, 2.75) is 31.7 Å². The normalized spacial score (nSPS) is 19.5. The molecular formula is C12H17BrN2OS. The highest BCUT2D eigenvalue weighted by Gasteiger charge is 2.14. The first-order valence-electron chi connectivity index (χ1n) is 5.97. The van der Waals surface area contributed by atoms with Gasteiger partial charge in [0.25, 0.3) is 0 Å². The third-order valence-corrected chi connectivity index (χ3v) is 4.69. The van der Waals surface area contributed by atoms with Crippen molar-refractivity contribution in [1.82, 2.24) is 10.6 Å².